The lowest BCUT2D eigenvalue weighted by Crippen LogP contribution is -2.03. The standard InChI is InChI=1S/C22H18FN3OS/c23-20-14-8-7-13-19(20)21-24-25-22(26(21)17-9-3-1-4-10-17)28-16-15-27-18-11-5-2-6-12-18/h1-14H,15-16H2. The fraction of sp³-hybridized carbons (Fsp3) is 0.0909. The second-order valence-corrected chi connectivity index (χ2v) is 7.03. The maximum absolute atomic E-state index is 14.4. The molecule has 28 heavy (non-hydrogen) atoms. The van der Waals surface area contributed by atoms with Gasteiger partial charge in [-0.3, -0.25) is 4.57 Å². The molecule has 1 heterocycles. The summed E-state index contributed by atoms with van der Waals surface area (Å²) in [5.41, 5.74) is 1.31. The Morgan fingerprint density at radius 1 is 0.821 bits per heavy atom. The zero-order valence-electron chi connectivity index (χ0n) is 15.0. The minimum absolute atomic E-state index is 0.323. The first-order valence-corrected chi connectivity index (χ1v) is 9.88. The third-order valence-electron chi connectivity index (χ3n) is 4.09. The van der Waals surface area contributed by atoms with Crippen molar-refractivity contribution < 1.29 is 9.13 Å². The van der Waals surface area contributed by atoms with Gasteiger partial charge in [0.1, 0.15) is 11.6 Å². The van der Waals surface area contributed by atoms with Gasteiger partial charge in [-0.2, -0.15) is 0 Å². The van der Waals surface area contributed by atoms with Gasteiger partial charge in [-0.05, 0) is 36.4 Å². The van der Waals surface area contributed by atoms with E-state index in [0.717, 1.165) is 11.4 Å². The molecule has 0 spiro atoms. The molecule has 0 saturated carbocycles. The lowest BCUT2D eigenvalue weighted by Gasteiger charge is -2.11. The van der Waals surface area contributed by atoms with Gasteiger partial charge in [0.2, 0.25) is 0 Å². The molecule has 0 N–H and O–H groups in total. The highest BCUT2D eigenvalue weighted by molar-refractivity contribution is 7.99. The third kappa shape index (κ3) is 4.07. The number of nitrogens with zero attached hydrogens (tertiary/aromatic N) is 3. The largest absolute Gasteiger partial charge is 0.493 e. The highest BCUT2D eigenvalue weighted by Gasteiger charge is 2.18. The first-order chi connectivity index (χ1) is 13.8. The van der Waals surface area contributed by atoms with Gasteiger partial charge in [0, 0.05) is 11.4 Å². The molecule has 3 aromatic carbocycles. The van der Waals surface area contributed by atoms with Crippen molar-refractivity contribution in [3.8, 4) is 22.8 Å². The van der Waals surface area contributed by atoms with Crippen molar-refractivity contribution in [2.75, 3.05) is 12.4 Å². The smallest absolute Gasteiger partial charge is 0.196 e. The van der Waals surface area contributed by atoms with E-state index in [1.807, 2.05) is 65.2 Å². The first kappa shape index (κ1) is 18.3. The van der Waals surface area contributed by atoms with Crippen LogP contribution in [0.1, 0.15) is 0 Å². The van der Waals surface area contributed by atoms with E-state index in [1.165, 1.54) is 17.8 Å². The number of hydrogen-bond donors (Lipinski definition) is 0. The van der Waals surface area contributed by atoms with Crippen LogP contribution >= 0.6 is 11.8 Å². The highest BCUT2D eigenvalue weighted by atomic mass is 32.2. The maximum atomic E-state index is 14.4. The lowest BCUT2D eigenvalue weighted by molar-refractivity contribution is 0.344. The number of ether oxygens (including phenoxy) is 1. The zero-order chi connectivity index (χ0) is 19.2. The van der Waals surface area contributed by atoms with Crippen LogP contribution < -0.4 is 4.74 Å². The number of halogens is 1. The average molecular weight is 391 g/mol. The molecule has 4 rings (SSSR count). The van der Waals surface area contributed by atoms with Crippen molar-refractivity contribution in [1.29, 1.82) is 0 Å². The molecule has 0 fully saturated rings. The van der Waals surface area contributed by atoms with Gasteiger partial charge in [-0.1, -0.05) is 60.3 Å². The molecule has 1 aromatic heterocycles. The molecule has 140 valence electrons. The van der Waals surface area contributed by atoms with Crippen LogP contribution in [0.4, 0.5) is 4.39 Å². The van der Waals surface area contributed by atoms with E-state index in [-0.39, 0.29) is 5.82 Å². The van der Waals surface area contributed by atoms with Gasteiger partial charge in [0.15, 0.2) is 11.0 Å². The monoisotopic (exact) mass is 391 g/mol. The van der Waals surface area contributed by atoms with Gasteiger partial charge in [-0.15, -0.1) is 10.2 Å². The third-order valence-corrected chi connectivity index (χ3v) is 4.98. The Balaban J connectivity index is 1.58. The van der Waals surface area contributed by atoms with Gasteiger partial charge in [-0.25, -0.2) is 4.39 Å². The van der Waals surface area contributed by atoms with Crippen molar-refractivity contribution in [1.82, 2.24) is 14.8 Å². The summed E-state index contributed by atoms with van der Waals surface area (Å²) >= 11 is 1.52. The number of rotatable bonds is 7. The van der Waals surface area contributed by atoms with Crippen molar-refractivity contribution in [2.45, 2.75) is 5.16 Å². The van der Waals surface area contributed by atoms with Crippen LogP contribution in [0.2, 0.25) is 0 Å². The normalized spacial score (nSPS) is 10.8. The topological polar surface area (TPSA) is 39.9 Å². The molecule has 0 aliphatic carbocycles. The molecule has 0 saturated heterocycles. The molecule has 0 radical (unpaired) electrons. The van der Waals surface area contributed by atoms with Crippen molar-refractivity contribution in [3.05, 3.63) is 90.7 Å². The molecule has 0 atom stereocenters. The van der Waals surface area contributed by atoms with E-state index in [1.54, 1.807) is 18.2 Å². The molecular weight excluding hydrogens is 373 g/mol. The van der Waals surface area contributed by atoms with Crippen molar-refractivity contribution in [3.63, 3.8) is 0 Å². The molecule has 0 aliphatic rings. The van der Waals surface area contributed by atoms with Crippen LogP contribution in [0.5, 0.6) is 5.75 Å². The first-order valence-electron chi connectivity index (χ1n) is 8.89. The van der Waals surface area contributed by atoms with E-state index < -0.39 is 0 Å². The van der Waals surface area contributed by atoms with E-state index in [4.69, 9.17) is 4.74 Å². The van der Waals surface area contributed by atoms with Crippen LogP contribution in [0.3, 0.4) is 0 Å². The molecule has 0 aliphatic heterocycles. The van der Waals surface area contributed by atoms with Gasteiger partial charge < -0.3 is 4.74 Å². The Hall–Kier alpha value is -3.12. The Kier molecular flexibility index (Phi) is 5.68. The van der Waals surface area contributed by atoms with Gasteiger partial charge >= 0.3 is 0 Å². The van der Waals surface area contributed by atoms with Gasteiger partial charge in [0.05, 0.1) is 12.2 Å². The Morgan fingerprint density at radius 3 is 2.25 bits per heavy atom. The fourth-order valence-corrected chi connectivity index (χ4v) is 3.57. The second kappa shape index (κ2) is 8.71. The van der Waals surface area contributed by atoms with Crippen LogP contribution in [-0.2, 0) is 0 Å². The summed E-state index contributed by atoms with van der Waals surface area (Å²) in [7, 11) is 0. The number of thioether (sulfide) groups is 1. The SMILES string of the molecule is Fc1ccccc1-c1nnc(SCCOc2ccccc2)n1-c1ccccc1. The summed E-state index contributed by atoms with van der Waals surface area (Å²) in [4.78, 5) is 0. The predicted molar refractivity (Wildman–Crippen MR) is 109 cm³/mol. The Bertz CT molecular complexity index is 1040. The summed E-state index contributed by atoms with van der Waals surface area (Å²) in [6.45, 7) is 0.533. The van der Waals surface area contributed by atoms with Crippen LogP contribution in [0.25, 0.3) is 17.1 Å². The molecule has 4 aromatic rings. The molecular formula is C22H18FN3OS. The number of para-hydroxylation sites is 2. The fourth-order valence-electron chi connectivity index (χ4n) is 2.80. The second-order valence-electron chi connectivity index (χ2n) is 5.97. The maximum Gasteiger partial charge on any atom is 0.196 e. The number of hydrogen-bond acceptors (Lipinski definition) is 4. The number of benzene rings is 3. The summed E-state index contributed by atoms with van der Waals surface area (Å²) in [5, 5.41) is 9.28. The molecule has 0 amide bonds. The quantitative estimate of drug-likeness (QED) is 0.319. The van der Waals surface area contributed by atoms with E-state index in [0.29, 0.717) is 28.9 Å². The number of aromatic nitrogens is 3. The molecule has 0 bridgehead atoms. The van der Waals surface area contributed by atoms with Gasteiger partial charge in [0.25, 0.3) is 0 Å². The summed E-state index contributed by atoms with van der Waals surface area (Å²) in [6, 6.07) is 26.0. The van der Waals surface area contributed by atoms with Crippen LogP contribution in [0, 0.1) is 5.82 Å². The van der Waals surface area contributed by atoms with E-state index in [2.05, 4.69) is 10.2 Å². The predicted octanol–water partition coefficient (Wildman–Crippen LogP) is 5.24. The Morgan fingerprint density at radius 2 is 1.50 bits per heavy atom. The van der Waals surface area contributed by atoms with Crippen LogP contribution in [0.15, 0.2) is 90.1 Å². The Labute approximate surface area is 167 Å². The average Bonchev–Trinajstić information content (AvgIpc) is 3.16. The summed E-state index contributed by atoms with van der Waals surface area (Å²) in [6.07, 6.45) is 0. The zero-order valence-corrected chi connectivity index (χ0v) is 15.8. The van der Waals surface area contributed by atoms with Crippen LogP contribution in [-0.4, -0.2) is 27.1 Å². The van der Waals surface area contributed by atoms with E-state index in [9.17, 15) is 4.39 Å². The highest BCUT2D eigenvalue weighted by Crippen LogP contribution is 2.29. The summed E-state index contributed by atoms with van der Waals surface area (Å²) < 4.78 is 22.0. The van der Waals surface area contributed by atoms with Crippen molar-refractivity contribution in [2.24, 2.45) is 0 Å². The summed E-state index contributed by atoms with van der Waals surface area (Å²) in [5.74, 6) is 1.68. The van der Waals surface area contributed by atoms with E-state index >= 15 is 0 Å². The molecule has 6 heteroatoms. The van der Waals surface area contributed by atoms with Crippen molar-refractivity contribution >= 4 is 11.8 Å². The molecule has 4 nitrogen and oxygen atoms in total. The lowest BCUT2D eigenvalue weighted by atomic mass is 10.2. The minimum Gasteiger partial charge on any atom is -0.493 e. The minimum atomic E-state index is -0.323. The molecule has 0 unspecified atom stereocenters.